The number of anilines is 2. The average Bonchev–Trinajstić information content (AvgIpc) is 3.48. The van der Waals surface area contributed by atoms with Crippen LogP contribution >= 0.6 is 0 Å². The highest BCUT2D eigenvalue weighted by Gasteiger charge is 2.36. The number of sulfone groups is 1. The molecule has 39 heavy (non-hydrogen) atoms. The number of fused-ring (bicyclic) bond motifs is 1. The van der Waals surface area contributed by atoms with Gasteiger partial charge < -0.3 is 15.6 Å². The first kappa shape index (κ1) is 25.9. The molecule has 5 aromatic rings. The normalized spacial score (nSPS) is 12.1. The van der Waals surface area contributed by atoms with Gasteiger partial charge in [0, 0.05) is 29.1 Å². The number of nitrogens with one attached hydrogen (secondary N) is 1. The van der Waals surface area contributed by atoms with Crippen molar-refractivity contribution in [2.45, 2.75) is 11.1 Å². The summed E-state index contributed by atoms with van der Waals surface area (Å²) >= 11 is 0. The van der Waals surface area contributed by atoms with Crippen LogP contribution in [0.4, 0.5) is 29.1 Å². The second-order valence-electron chi connectivity index (χ2n) is 8.49. The van der Waals surface area contributed by atoms with Crippen LogP contribution < -0.4 is 11.1 Å². The number of rotatable bonds is 5. The maximum atomic E-state index is 15.1. The van der Waals surface area contributed by atoms with Crippen molar-refractivity contribution in [3.05, 3.63) is 83.9 Å². The minimum absolute atomic E-state index is 0.00550. The molecule has 0 saturated heterocycles. The Morgan fingerprint density at radius 3 is 2.46 bits per heavy atom. The van der Waals surface area contributed by atoms with Gasteiger partial charge in [0.05, 0.1) is 16.0 Å². The second kappa shape index (κ2) is 9.23. The Morgan fingerprint density at radius 2 is 1.77 bits per heavy atom. The van der Waals surface area contributed by atoms with Gasteiger partial charge >= 0.3 is 6.18 Å². The highest BCUT2D eigenvalue weighted by atomic mass is 32.2. The van der Waals surface area contributed by atoms with Crippen molar-refractivity contribution in [1.82, 2.24) is 14.9 Å². The Kier molecular flexibility index (Phi) is 6.13. The highest BCUT2D eigenvalue weighted by Crippen LogP contribution is 2.33. The molecule has 0 unspecified atom stereocenters. The zero-order valence-electron chi connectivity index (χ0n) is 19.8. The topological polar surface area (TPSA) is 133 Å². The van der Waals surface area contributed by atoms with Crippen molar-refractivity contribution in [1.29, 1.82) is 0 Å². The molecule has 0 bridgehead atoms. The van der Waals surface area contributed by atoms with Gasteiger partial charge in [0.1, 0.15) is 11.5 Å². The van der Waals surface area contributed by atoms with Crippen LogP contribution in [-0.2, 0) is 16.0 Å². The number of carbonyl (C=O) groups is 1. The van der Waals surface area contributed by atoms with Crippen LogP contribution in [0.3, 0.4) is 0 Å². The molecule has 3 N–H and O–H groups in total. The number of nitrogens with zero attached hydrogens (tertiary/aromatic N) is 3. The SMILES string of the molecule is CS(=O)(=O)c1ccccc1-c1ccc(NC(=O)c2cc(C(F)(F)F)nn2-c2ccc3onc(N)c3c2)cc1F. The predicted molar refractivity (Wildman–Crippen MR) is 133 cm³/mol. The van der Waals surface area contributed by atoms with E-state index >= 15 is 4.39 Å². The summed E-state index contributed by atoms with van der Waals surface area (Å²) in [5.41, 5.74) is 4.24. The summed E-state index contributed by atoms with van der Waals surface area (Å²) in [6.07, 6.45) is -3.87. The van der Waals surface area contributed by atoms with Crippen LogP contribution in [0, 0.1) is 5.82 Å². The Balaban J connectivity index is 1.51. The summed E-state index contributed by atoms with van der Waals surface area (Å²) in [6, 6.07) is 14.0. The van der Waals surface area contributed by atoms with E-state index in [0.29, 0.717) is 11.5 Å². The number of halogens is 4. The molecule has 5 rings (SSSR count). The van der Waals surface area contributed by atoms with E-state index in [4.69, 9.17) is 10.3 Å². The van der Waals surface area contributed by atoms with Crippen LogP contribution in [0.15, 0.2) is 76.1 Å². The van der Waals surface area contributed by atoms with E-state index < -0.39 is 39.1 Å². The van der Waals surface area contributed by atoms with Gasteiger partial charge in [-0.05, 0) is 42.5 Å². The van der Waals surface area contributed by atoms with E-state index in [0.717, 1.165) is 17.0 Å². The number of hydrogen-bond donors (Lipinski definition) is 2. The van der Waals surface area contributed by atoms with Gasteiger partial charge in [-0.25, -0.2) is 17.5 Å². The Morgan fingerprint density at radius 1 is 1.03 bits per heavy atom. The number of carbonyl (C=O) groups excluding carboxylic acids is 1. The standard InChI is InChI=1S/C25H17F4N5O4S/c1-39(36,37)21-5-3-2-4-16(21)15-8-6-13(10-18(15)26)31-24(35)19-12-22(25(27,28)29)32-34(19)14-7-9-20-17(11-14)23(30)33-38-20/h2-12H,1H3,(H2,30,33)(H,31,35). The van der Waals surface area contributed by atoms with Gasteiger partial charge in [-0.2, -0.15) is 18.3 Å². The van der Waals surface area contributed by atoms with E-state index in [1.807, 2.05) is 0 Å². The third kappa shape index (κ3) is 4.93. The fourth-order valence-corrected chi connectivity index (χ4v) is 4.88. The lowest BCUT2D eigenvalue weighted by atomic mass is 10.0. The number of amides is 1. The highest BCUT2D eigenvalue weighted by molar-refractivity contribution is 7.90. The van der Waals surface area contributed by atoms with Gasteiger partial charge in [-0.1, -0.05) is 23.4 Å². The first-order valence-electron chi connectivity index (χ1n) is 11.1. The molecule has 2 heterocycles. The Bertz CT molecular complexity index is 1860. The summed E-state index contributed by atoms with van der Waals surface area (Å²) in [6.45, 7) is 0. The minimum Gasteiger partial charge on any atom is -0.380 e. The molecule has 0 aliphatic rings. The van der Waals surface area contributed by atoms with Gasteiger partial charge in [-0.15, -0.1) is 0 Å². The van der Waals surface area contributed by atoms with Crippen molar-refractivity contribution in [3.8, 4) is 16.8 Å². The summed E-state index contributed by atoms with van der Waals surface area (Å²) < 4.78 is 85.6. The van der Waals surface area contributed by atoms with Crippen molar-refractivity contribution >= 4 is 38.2 Å². The summed E-state index contributed by atoms with van der Waals surface area (Å²) in [5, 5.41) is 9.80. The number of hydrogen-bond acceptors (Lipinski definition) is 7. The van der Waals surface area contributed by atoms with Gasteiger partial charge in [-0.3, -0.25) is 4.79 Å². The molecule has 0 fully saturated rings. The number of alkyl halides is 3. The molecule has 3 aromatic carbocycles. The predicted octanol–water partition coefficient (Wildman–Crippen LogP) is 5.08. The maximum absolute atomic E-state index is 15.1. The van der Waals surface area contributed by atoms with Gasteiger partial charge in [0.25, 0.3) is 5.91 Å². The molecule has 9 nitrogen and oxygen atoms in total. The largest absolute Gasteiger partial charge is 0.435 e. The molecule has 0 spiro atoms. The van der Waals surface area contributed by atoms with Crippen molar-refractivity contribution in [2.24, 2.45) is 0 Å². The Hall–Kier alpha value is -4.72. The molecule has 0 aliphatic heterocycles. The zero-order chi connectivity index (χ0) is 28.1. The minimum atomic E-state index is -4.86. The zero-order valence-corrected chi connectivity index (χ0v) is 20.6. The van der Waals surface area contributed by atoms with Crippen LogP contribution in [0.5, 0.6) is 0 Å². The third-order valence-corrected chi connectivity index (χ3v) is 6.92. The van der Waals surface area contributed by atoms with E-state index in [9.17, 15) is 26.4 Å². The maximum Gasteiger partial charge on any atom is 0.435 e. The first-order chi connectivity index (χ1) is 18.3. The lowest BCUT2D eigenvalue weighted by molar-refractivity contribution is -0.141. The third-order valence-electron chi connectivity index (χ3n) is 5.76. The van der Waals surface area contributed by atoms with Crippen LogP contribution in [0.25, 0.3) is 27.8 Å². The molecule has 1 amide bonds. The van der Waals surface area contributed by atoms with Crippen LogP contribution in [0.1, 0.15) is 16.2 Å². The molecular weight excluding hydrogens is 542 g/mol. The van der Waals surface area contributed by atoms with Gasteiger partial charge in [0.15, 0.2) is 26.9 Å². The van der Waals surface area contributed by atoms with Crippen LogP contribution in [-0.4, -0.2) is 35.5 Å². The summed E-state index contributed by atoms with van der Waals surface area (Å²) in [7, 11) is -3.67. The quantitative estimate of drug-likeness (QED) is 0.287. The number of benzene rings is 3. The number of nitrogens with two attached hydrogens (primary N) is 1. The fourth-order valence-electron chi connectivity index (χ4n) is 3.97. The molecule has 14 heteroatoms. The smallest absolute Gasteiger partial charge is 0.380 e. The molecular formula is C25H17F4N5O4S. The van der Waals surface area contributed by atoms with Gasteiger partial charge in [0.2, 0.25) is 0 Å². The Labute approximate surface area is 217 Å². The average molecular weight is 560 g/mol. The van der Waals surface area contributed by atoms with E-state index in [-0.39, 0.29) is 38.8 Å². The lowest BCUT2D eigenvalue weighted by Gasteiger charge is -2.12. The van der Waals surface area contributed by atoms with Crippen molar-refractivity contribution in [3.63, 3.8) is 0 Å². The molecule has 0 radical (unpaired) electrons. The fraction of sp³-hybridized carbons (Fsp3) is 0.0800. The molecule has 0 atom stereocenters. The first-order valence-corrected chi connectivity index (χ1v) is 12.9. The molecule has 0 saturated carbocycles. The molecule has 0 aliphatic carbocycles. The van der Waals surface area contributed by atoms with E-state index in [1.165, 1.54) is 48.5 Å². The van der Waals surface area contributed by atoms with Crippen LogP contribution in [0.2, 0.25) is 0 Å². The molecule has 200 valence electrons. The number of nitrogen functional groups attached to an aromatic ring is 1. The molecule has 2 aromatic heterocycles. The number of aromatic nitrogens is 3. The monoisotopic (exact) mass is 559 g/mol. The second-order valence-corrected chi connectivity index (χ2v) is 10.5. The van der Waals surface area contributed by atoms with Crippen molar-refractivity contribution in [2.75, 3.05) is 17.3 Å². The summed E-state index contributed by atoms with van der Waals surface area (Å²) in [4.78, 5) is 13.0. The lowest BCUT2D eigenvalue weighted by Crippen LogP contribution is -2.17. The van der Waals surface area contributed by atoms with E-state index in [2.05, 4.69) is 15.6 Å². The van der Waals surface area contributed by atoms with Crippen molar-refractivity contribution < 1.29 is 35.3 Å². The summed E-state index contributed by atoms with van der Waals surface area (Å²) in [5.74, 6) is -1.88. The van der Waals surface area contributed by atoms with E-state index in [1.54, 1.807) is 6.07 Å².